The first-order valence-electron chi connectivity index (χ1n) is 3.85. The van der Waals surface area contributed by atoms with Crippen LogP contribution in [0.15, 0.2) is 11.2 Å². The summed E-state index contributed by atoms with van der Waals surface area (Å²) in [6, 6.07) is 0. The highest BCUT2D eigenvalue weighted by Gasteiger charge is 2.21. The molecule has 8 heteroatoms. The average molecular weight is 238 g/mol. The Labute approximate surface area is 84.6 Å². The van der Waals surface area contributed by atoms with E-state index in [-0.39, 0.29) is 11.8 Å². The Bertz CT molecular complexity index is 467. The molecule has 84 valence electrons. The summed E-state index contributed by atoms with van der Waals surface area (Å²) in [5, 5.41) is 2.95. The number of carbonyl (C=O) groups is 1. The fourth-order valence-corrected chi connectivity index (χ4v) is 2.17. The van der Waals surface area contributed by atoms with Crippen LogP contribution in [0.4, 0.5) is 8.78 Å². The number of rotatable bonds is 4. The minimum absolute atomic E-state index is 0.210. The largest absolute Gasteiger partial charge is 0.298 e. The Balaban J connectivity index is 3.30. The summed E-state index contributed by atoms with van der Waals surface area (Å²) in [6.07, 6.45) is -0.680. The van der Waals surface area contributed by atoms with E-state index in [0.717, 1.165) is 12.5 Å². The zero-order chi connectivity index (χ0) is 11.6. The summed E-state index contributed by atoms with van der Waals surface area (Å²) in [5.41, 5.74) is -0.210. The van der Waals surface area contributed by atoms with Gasteiger partial charge in [-0.1, -0.05) is 0 Å². The predicted octanol–water partition coefficient (Wildman–Crippen LogP) is 0.364. The second-order valence-corrected chi connectivity index (χ2v) is 4.80. The van der Waals surface area contributed by atoms with Gasteiger partial charge in [0.1, 0.15) is 6.54 Å². The average Bonchev–Trinajstić information content (AvgIpc) is 2.45. The van der Waals surface area contributed by atoms with Gasteiger partial charge in [0.2, 0.25) is 0 Å². The van der Waals surface area contributed by atoms with Gasteiger partial charge in [-0.25, -0.2) is 21.9 Å². The SMILES string of the molecule is CS(=O)(=O)c1c(C=O)cnn1CC(F)F. The summed E-state index contributed by atoms with van der Waals surface area (Å²) in [6.45, 7) is -0.851. The first-order chi connectivity index (χ1) is 6.86. The summed E-state index contributed by atoms with van der Waals surface area (Å²) in [4.78, 5) is 10.5. The van der Waals surface area contributed by atoms with Crippen molar-refractivity contribution in [3.63, 3.8) is 0 Å². The van der Waals surface area contributed by atoms with E-state index in [0.29, 0.717) is 4.68 Å². The fraction of sp³-hybridized carbons (Fsp3) is 0.429. The second kappa shape index (κ2) is 4.05. The zero-order valence-corrected chi connectivity index (χ0v) is 8.54. The second-order valence-electron chi connectivity index (χ2n) is 2.87. The molecule has 1 aromatic rings. The molecule has 1 aromatic heterocycles. The Morgan fingerprint density at radius 3 is 2.60 bits per heavy atom. The van der Waals surface area contributed by atoms with E-state index in [1.54, 1.807) is 0 Å². The number of hydrogen-bond donors (Lipinski definition) is 0. The van der Waals surface area contributed by atoms with Crippen molar-refractivity contribution < 1.29 is 22.0 Å². The third kappa shape index (κ3) is 2.58. The molecule has 0 aliphatic carbocycles. The number of sulfone groups is 1. The molecule has 0 saturated heterocycles. The van der Waals surface area contributed by atoms with Gasteiger partial charge in [-0.05, 0) is 0 Å². The van der Waals surface area contributed by atoms with Crippen molar-refractivity contribution in [2.45, 2.75) is 18.0 Å². The third-order valence-corrected chi connectivity index (χ3v) is 2.76. The molecule has 0 aromatic carbocycles. The molecule has 1 heterocycles. The van der Waals surface area contributed by atoms with Gasteiger partial charge in [-0.3, -0.25) is 4.79 Å². The first-order valence-corrected chi connectivity index (χ1v) is 5.74. The monoisotopic (exact) mass is 238 g/mol. The van der Waals surface area contributed by atoms with E-state index in [1.165, 1.54) is 0 Å². The van der Waals surface area contributed by atoms with Gasteiger partial charge in [0.05, 0.1) is 11.8 Å². The molecule has 0 aliphatic heterocycles. The van der Waals surface area contributed by atoms with Crippen molar-refractivity contribution in [2.75, 3.05) is 6.26 Å². The molecule has 0 bridgehead atoms. The van der Waals surface area contributed by atoms with Crippen LogP contribution in [0.2, 0.25) is 0 Å². The predicted molar refractivity (Wildman–Crippen MR) is 46.7 cm³/mol. The molecule has 0 amide bonds. The molecule has 0 N–H and O–H groups in total. The van der Waals surface area contributed by atoms with Crippen LogP contribution < -0.4 is 0 Å². The van der Waals surface area contributed by atoms with Gasteiger partial charge in [0, 0.05) is 6.26 Å². The molecule has 0 aliphatic rings. The van der Waals surface area contributed by atoms with E-state index in [1.807, 2.05) is 0 Å². The molecule has 0 radical (unpaired) electrons. The molecule has 0 unspecified atom stereocenters. The van der Waals surface area contributed by atoms with Crippen molar-refractivity contribution in [3.8, 4) is 0 Å². The highest BCUT2D eigenvalue weighted by molar-refractivity contribution is 7.90. The molecular formula is C7H8F2N2O3S. The van der Waals surface area contributed by atoms with E-state index in [2.05, 4.69) is 5.10 Å². The summed E-state index contributed by atoms with van der Waals surface area (Å²) in [5.74, 6) is 0. The molecule has 0 saturated carbocycles. The van der Waals surface area contributed by atoms with Gasteiger partial charge < -0.3 is 0 Å². The number of aldehydes is 1. The van der Waals surface area contributed by atoms with Crippen LogP contribution >= 0.6 is 0 Å². The lowest BCUT2D eigenvalue weighted by atomic mass is 10.4. The van der Waals surface area contributed by atoms with Crippen molar-refractivity contribution in [3.05, 3.63) is 11.8 Å². The number of nitrogens with zero attached hydrogens (tertiary/aromatic N) is 2. The maximum absolute atomic E-state index is 12.1. The molecule has 1 rings (SSSR count). The summed E-state index contributed by atoms with van der Waals surface area (Å²) in [7, 11) is -3.74. The van der Waals surface area contributed by atoms with Crippen molar-refractivity contribution in [1.82, 2.24) is 9.78 Å². The van der Waals surface area contributed by atoms with Crippen LogP contribution in [0.25, 0.3) is 0 Å². The van der Waals surface area contributed by atoms with Crippen molar-refractivity contribution >= 4 is 16.1 Å². The smallest absolute Gasteiger partial charge is 0.257 e. The Hall–Kier alpha value is -1.31. The highest BCUT2D eigenvalue weighted by atomic mass is 32.2. The van der Waals surface area contributed by atoms with E-state index in [9.17, 15) is 22.0 Å². The fourth-order valence-electron chi connectivity index (χ4n) is 1.14. The number of alkyl halides is 2. The third-order valence-electron chi connectivity index (χ3n) is 1.61. The number of carbonyl (C=O) groups excluding carboxylic acids is 1. The van der Waals surface area contributed by atoms with E-state index >= 15 is 0 Å². The Morgan fingerprint density at radius 1 is 1.60 bits per heavy atom. The van der Waals surface area contributed by atoms with Crippen molar-refractivity contribution in [1.29, 1.82) is 0 Å². The minimum atomic E-state index is -3.74. The van der Waals surface area contributed by atoms with Crippen molar-refractivity contribution in [2.24, 2.45) is 0 Å². The normalized spacial score (nSPS) is 12.0. The maximum atomic E-state index is 12.1. The van der Waals surface area contributed by atoms with Gasteiger partial charge in [-0.2, -0.15) is 5.10 Å². The highest BCUT2D eigenvalue weighted by Crippen LogP contribution is 2.14. The van der Waals surface area contributed by atoms with Crippen LogP contribution in [0.1, 0.15) is 10.4 Å². The standard InChI is InChI=1S/C7H8F2N2O3S/c1-15(13,14)7-5(4-12)2-10-11(7)3-6(8)9/h2,4,6H,3H2,1H3. The number of aromatic nitrogens is 2. The van der Waals surface area contributed by atoms with E-state index in [4.69, 9.17) is 0 Å². The van der Waals surface area contributed by atoms with Crippen LogP contribution in [0.3, 0.4) is 0 Å². The zero-order valence-electron chi connectivity index (χ0n) is 7.72. The summed E-state index contributed by atoms with van der Waals surface area (Å²) >= 11 is 0. The van der Waals surface area contributed by atoms with Gasteiger partial charge >= 0.3 is 0 Å². The molecule has 0 spiro atoms. The Kier molecular flexibility index (Phi) is 3.18. The summed E-state index contributed by atoms with van der Waals surface area (Å²) < 4.78 is 47.2. The van der Waals surface area contributed by atoms with Gasteiger partial charge in [0.15, 0.2) is 21.1 Å². The quantitative estimate of drug-likeness (QED) is 0.710. The number of hydrogen-bond acceptors (Lipinski definition) is 4. The first kappa shape index (κ1) is 11.8. The topological polar surface area (TPSA) is 69.0 Å². The lowest BCUT2D eigenvalue weighted by molar-refractivity contribution is 0.110. The van der Waals surface area contributed by atoms with Crippen LogP contribution in [-0.2, 0) is 16.4 Å². The van der Waals surface area contributed by atoms with Gasteiger partial charge in [0.25, 0.3) is 6.43 Å². The molecule has 5 nitrogen and oxygen atoms in total. The van der Waals surface area contributed by atoms with Gasteiger partial charge in [-0.15, -0.1) is 0 Å². The lowest BCUT2D eigenvalue weighted by Gasteiger charge is -2.05. The maximum Gasteiger partial charge on any atom is 0.257 e. The molecule has 15 heavy (non-hydrogen) atoms. The molecule has 0 atom stereocenters. The van der Waals surface area contributed by atoms with Crippen LogP contribution in [0.5, 0.6) is 0 Å². The minimum Gasteiger partial charge on any atom is -0.298 e. The molecule has 0 fully saturated rings. The number of halogens is 2. The van der Waals surface area contributed by atoms with Crippen LogP contribution in [-0.4, -0.2) is 37.2 Å². The lowest BCUT2D eigenvalue weighted by Crippen LogP contribution is -2.15. The van der Waals surface area contributed by atoms with E-state index < -0.39 is 27.8 Å². The van der Waals surface area contributed by atoms with Crippen LogP contribution in [0, 0.1) is 0 Å². The Morgan fingerprint density at radius 2 is 2.20 bits per heavy atom. The molecular weight excluding hydrogens is 230 g/mol.